The van der Waals surface area contributed by atoms with Crippen LogP contribution in [0.5, 0.6) is 0 Å². The summed E-state index contributed by atoms with van der Waals surface area (Å²) in [5, 5.41) is 3.35. The third-order valence-corrected chi connectivity index (χ3v) is 5.06. The molecule has 1 N–H and O–H groups in total. The van der Waals surface area contributed by atoms with Gasteiger partial charge in [-0.05, 0) is 53.5 Å². The lowest BCUT2D eigenvalue weighted by Gasteiger charge is -2.15. The second-order valence-electron chi connectivity index (χ2n) is 4.30. The Hall–Kier alpha value is -0.230. The molecular weight excluding hydrogens is 393 g/mol. The molecule has 5 heteroatoms. The molecule has 1 aromatic carbocycles. The van der Waals surface area contributed by atoms with Crippen molar-refractivity contribution in [3.8, 4) is 0 Å². The molecule has 0 aliphatic rings. The van der Waals surface area contributed by atoms with E-state index in [4.69, 9.17) is 0 Å². The number of rotatable bonds is 5. The van der Waals surface area contributed by atoms with Gasteiger partial charge >= 0.3 is 0 Å². The fourth-order valence-corrected chi connectivity index (χ4v) is 3.68. The molecule has 1 heterocycles. The Labute approximate surface area is 133 Å². The van der Waals surface area contributed by atoms with Crippen LogP contribution in [0.1, 0.15) is 23.4 Å². The zero-order valence-corrected chi connectivity index (χ0v) is 14.4. The molecule has 1 nitrogen and oxygen atoms in total. The van der Waals surface area contributed by atoms with Crippen molar-refractivity contribution in [1.29, 1.82) is 0 Å². The van der Waals surface area contributed by atoms with Crippen LogP contribution >= 0.6 is 43.2 Å². The monoisotopic (exact) mass is 405 g/mol. The fraction of sp³-hybridized carbons (Fsp3) is 0.286. The van der Waals surface area contributed by atoms with Crippen LogP contribution in [0.4, 0.5) is 4.39 Å². The van der Waals surface area contributed by atoms with Gasteiger partial charge in [0, 0.05) is 27.5 Å². The zero-order chi connectivity index (χ0) is 13.8. The lowest BCUT2D eigenvalue weighted by atomic mass is 10.1. The smallest absolute Gasteiger partial charge is 0.129 e. The topological polar surface area (TPSA) is 12.0 Å². The molecule has 102 valence electrons. The van der Waals surface area contributed by atoms with Crippen LogP contribution in [0, 0.1) is 5.82 Å². The van der Waals surface area contributed by atoms with E-state index in [1.54, 1.807) is 11.3 Å². The molecule has 0 aliphatic heterocycles. The Morgan fingerprint density at radius 3 is 2.68 bits per heavy atom. The number of hydrogen-bond donors (Lipinski definition) is 1. The molecule has 1 aromatic heterocycles. The summed E-state index contributed by atoms with van der Waals surface area (Å²) in [6.07, 6.45) is 0.957. The zero-order valence-electron chi connectivity index (χ0n) is 10.4. The molecule has 19 heavy (non-hydrogen) atoms. The van der Waals surface area contributed by atoms with Crippen LogP contribution in [0.25, 0.3) is 0 Å². The molecule has 0 saturated heterocycles. The minimum absolute atomic E-state index is 0.0107. The molecule has 1 unspecified atom stereocenters. The maximum atomic E-state index is 13.8. The molecule has 0 bridgehead atoms. The highest BCUT2D eigenvalue weighted by atomic mass is 79.9. The van der Waals surface area contributed by atoms with Gasteiger partial charge in [0.15, 0.2) is 0 Å². The summed E-state index contributed by atoms with van der Waals surface area (Å²) in [6.45, 7) is 2.82. The van der Waals surface area contributed by atoms with E-state index in [2.05, 4.69) is 49.3 Å². The summed E-state index contributed by atoms with van der Waals surface area (Å²) in [5.74, 6) is -0.173. The highest BCUT2D eigenvalue weighted by Crippen LogP contribution is 2.23. The summed E-state index contributed by atoms with van der Waals surface area (Å²) in [5.41, 5.74) is 0.704. The summed E-state index contributed by atoms with van der Waals surface area (Å²) < 4.78 is 15.7. The van der Waals surface area contributed by atoms with Gasteiger partial charge in [-0.1, -0.05) is 22.0 Å². The Balaban J connectivity index is 1.88. The van der Waals surface area contributed by atoms with Crippen molar-refractivity contribution in [3.63, 3.8) is 0 Å². The average molecular weight is 407 g/mol. The maximum absolute atomic E-state index is 13.8. The van der Waals surface area contributed by atoms with E-state index in [9.17, 15) is 4.39 Å². The van der Waals surface area contributed by atoms with Crippen LogP contribution in [-0.4, -0.2) is 6.54 Å². The first kappa shape index (κ1) is 15.2. The highest BCUT2D eigenvalue weighted by molar-refractivity contribution is 9.11. The van der Waals surface area contributed by atoms with Crippen LogP contribution in [0.2, 0.25) is 0 Å². The molecule has 1 atom stereocenters. The molecule has 0 amide bonds. The summed E-state index contributed by atoms with van der Waals surface area (Å²) in [4.78, 5) is 1.32. The molecule has 0 saturated carbocycles. The van der Waals surface area contributed by atoms with E-state index in [1.165, 1.54) is 10.9 Å². The first-order chi connectivity index (χ1) is 9.06. The molecule has 0 radical (unpaired) electrons. The lowest BCUT2D eigenvalue weighted by molar-refractivity contribution is 0.531. The van der Waals surface area contributed by atoms with E-state index >= 15 is 0 Å². The first-order valence-electron chi connectivity index (χ1n) is 5.99. The van der Waals surface area contributed by atoms with Crippen LogP contribution in [0.15, 0.2) is 38.6 Å². The van der Waals surface area contributed by atoms with E-state index < -0.39 is 0 Å². The van der Waals surface area contributed by atoms with Crippen molar-refractivity contribution in [2.45, 2.75) is 19.4 Å². The average Bonchev–Trinajstić information content (AvgIpc) is 2.75. The van der Waals surface area contributed by atoms with Crippen molar-refractivity contribution in [2.75, 3.05) is 6.54 Å². The molecular formula is C14H14Br2FNS. The van der Waals surface area contributed by atoms with Gasteiger partial charge in [0.1, 0.15) is 5.82 Å². The SMILES string of the molecule is CC(NCCc1ccc(Br)s1)c1ccc(Br)cc1F. The van der Waals surface area contributed by atoms with Crippen LogP contribution in [-0.2, 0) is 6.42 Å². The highest BCUT2D eigenvalue weighted by Gasteiger charge is 2.10. The van der Waals surface area contributed by atoms with Gasteiger partial charge in [-0.25, -0.2) is 4.39 Å². The Bertz CT molecular complexity index is 556. The van der Waals surface area contributed by atoms with Gasteiger partial charge in [0.05, 0.1) is 3.79 Å². The predicted molar refractivity (Wildman–Crippen MR) is 86.2 cm³/mol. The number of nitrogens with one attached hydrogen (secondary N) is 1. The van der Waals surface area contributed by atoms with Crippen LogP contribution in [0.3, 0.4) is 0 Å². The van der Waals surface area contributed by atoms with Crippen LogP contribution < -0.4 is 5.32 Å². The minimum Gasteiger partial charge on any atom is -0.310 e. The number of benzene rings is 1. The van der Waals surface area contributed by atoms with Gasteiger partial charge < -0.3 is 5.32 Å². The van der Waals surface area contributed by atoms with Crippen molar-refractivity contribution >= 4 is 43.2 Å². The summed E-state index contributed by atoms with van der Waals surface area (Å²) >= 11 is 8.45. The molecule has 2 rings (SSSR count). The second-order valence-corrected chi connectivity index (χ2v) is 7.76. The number of thiophene rings is 1. The number of hydrogen-bond acceptors (Lipinski definition) is 2. The lowest BCUT2D eigenvalue weighted by Crippen LogP contribution is -2.22. The Kier molecular flexibility index (Phi) is 5.57. The van der Waals surface area contributed by atoms with Gasteiger partial charge in [-0.15, -0.1) is 11.3 Å². The Morgan fingerprint density at radius 1 is 1.26 bits per heavy atom. The van der Waals surface area contributed by atoms with Crippen molar-refractivity contribution in [2.24, 2.45) is 0 Å². The van der Waals surface area contributed by atoms with E-state index in [0.29, 0.717) is 5.56 Å². The fourth-order valence-electron chi connectivity index (χ4n) is 1.86. The third kappa shape index (κ3) is 4.38. The van der Waals surface area contributed by atoms with Crippen molar-refractivity contribution in [1.82, 2.24) is 5.32 Å². The van der Waals surface area contributed by atoms with Gasteiger partial charge in [0.2, 0.25) is 0 Å². The molecule has 0 fully saturated rings. The normalized spacial score (nSPS) is 12.6. The van der Waals surface area contributed by atoms with Gasteiger partial charge in [-0.2, -0.15) is 0 Å². The largest absolute Gasteiger partial charge is 0.310 e. The van der Waals surface area contributed by atoms with E-state index in [1.807, 2.05) is 19.1 Å². The second kappa shape index (κ2) is 6.97. The third-order valence-electron chi connectivity index (χ3n) is 2.88. The van der Waals surface area contributed by atoms with Gasteiger partial charge in [0.25, 0.3) is 0 Å². The standard InChI is InChI=1S/C14H14Br2FNS/c1-9(12-4-2-10(15)8-13(12)17)18-7-6-11-3-5-14(16)19-11/h2-5,8-9,18H,6-7H2,1H3. The first-order valence-corrected chi connectivity index (χ1v) is 8.39. The molecule has 0 spiro atoms. The minimum atomic E-state index is -0.173. The quantitative estimate of drug-likeness (QED) is 0.709. The Morgan fingerprint density at radius 2 is 2.05 bits per heavy atom. The molecule has 0 aliphatic carbocycles. The summed E-state index contributed by atoms with van der Waals surface area (Å²) in [7, 11) is 0. The molecule has 2 aromatic rings. The van der Waals surface area contributed by atoms with Gasteiger partial charge in [-0.3, -0.25) is 0 Å². The maximum Gasteiger partial charge on any atom is 0.129 e. The predicted octanol–water partition coefficient (Wildman–Crippen LogP) is 5.31. The van der Waals surface area contributed by atoms with E-state index in [0.717, 1.165) is 21.2 Å². The van der Waals surface area contributed by atoms with Crippen molar-refractivity contribution in [3.05, 3.63) is 54.8 Å². The van der Waals surface area contributed by atoms with E-state index in [-0.39, 0.29) is 11.9 Å². The summed E-state index contributed by atoms with van der Waals surface area (Å²) in [6, 6.07) is 9.37. The van der Waals surface area contributed by atoms with Crippen molar-refractivity contribution < 1.29 is 4.39 Å². The number of halogens is 3.